The van der Waals surface area contributed by atoms with Crippen molar-refractivity contribution in [2.45, 2.75) is 26.4 Å². The van der Waals surface area contributed by atoms with Gasteiger partial charge in [-0.05, 0) is 88.9 Å². The number of halogens is 2. The molecule has 4 rings (SSSR count). The van der Waals surface area contributed by atoms with E-state index < -0.39 is 11.1 Å². The van der Waals surface area contributed by atoms with Crippen LogP contribution in [0, 0.1) is 5.82 Å². The molecule has 0 bridgehead atoms. The van der Waals surface area contributed by atoms with Crippen molar-refractivity contribution < 1.29 is 28.2 Å². The van der Waals surface area contributed by atoms with Crippen LogP contribution in [0.4, 0.5) is 9.18 Å². The maximum absolute atomic E-state index is 13.2. The van der Waals surface area contributed by atoms with Crippen LogP contribution in [-0.2, 0) is 16.2 Å². The topological polar surface area (TPSA) is 76.2 Å². The SMILES string of the molecule is CCOc1cc(/C=C2\SC(=O)N(CC(=O)N3CCCC3)C2=O)cc(Br)c1OCc1ccc(F)cc1. The average molecular weight is 563 g/mol. The normalized spacial score (nSPS) is 16.9. The highest BCUT2D eigenvalue weighted by molar-refractivity contribution is 9.10. The van der Waals surface area contributed by atoms with E-state index in [0.29, 0.717) is 41.2 Å². The number of carbonyl (C=O) groups excluding carboxylic acids is 3. The molecule has 0 aromatic heterocycles. The highest BCUT2D eigenvalue weighted by Gasteiger charge is 2.37. The zero-order valence-corrected chi connectivity index (χ0v) is 21.5. The van der Waals surface area contributed by atoms with Crippen molar-refractivity contribution in [2.75, 3.05) is 26.2 Å². The third-order valence-electron chi connectivity index (χ3n) is 5.55. The number of benzene rings is 2. The summed E-state index contributed by atoms with van der Waals surface area (Å²) in [7, 11) is 0. The number of nitrogens with zero attached hydrogens (tertiary/aromatic N) is 2. The van der Waals surface area contributed by atoms with E-state index >= 15 is 0 Å². The number of likely N-dealkylation sites (tertiary alicyclic amines) is 1. The molecule has 2 heterocycles. The van der Waals surface area contributed by atoms with Gasteiger partial charge in [-0.2, -0.15) is 0 Å². The van der Waals surface area contributed by atoms with Crippen molar-refractivity contribution >= 4 is 50.8 Å². The minimum absolute atomic E-state index is 0.211. The first-order valence-electron chi connectivity index (χ1n) is 11.2. The predicted molar refractivity (Wildman–Crippen MR) is 135 cm³/mol. The third kappa shape index (κ3) is 6.05. The van der Waals surface area contributed by atoms with Gasteiger partial charge in [0.15, 0.2) is 11.5 Å². The Balaban J connectivity index is 1.51. The molecule has 0 spiro atoms. The molecule has 3 amide bonds. The van der Waals surface area contributed by atoms with Crippen molar-refractivity contribution in [3.63, 3.8) is 0 Å². The maximum Gasteiger partial charge on any atom is 0.294 e. The van der Waals surface area contributed by atoms with Crippen LogP contribution in [0.25, 0.3) is 6.08 Å². The molecular weight excluding hydrogens is 539 g/mol. The fourth-order valence-corrected chi connectivity index (χ4v) is 5.21. The number of hydrogen-bond donors (Lipinski definition) is 0. The van der Waals surface area contributed by atoms with Crippen LogP contribution in [0.5, 0.6) is 11.5 Å². The largest absolute Gasteiger partial charge is 0.490 e. The Hall–Kier alpha value is -2.85. The molecule has 0 aliphatic carbocycles. The van der Waals surface area contributed by atoms with Crippen LogP contribution in [0.15, 0.2) is 45.8 Å². The minimum atomic E-state index is -0.488. The van der Waals surface area contributed by atoms with E-state index in [1.54, 1.807) is 35.2 Å². The molecule has 10 heteroatoms. The number of rotatable bonds is 8. The molecule has 2 fully saturated rings. The molecule has 0 atom stereocenters. The molecule has 0 N–H and O–H groups in total. The van der Waals surface area contributed by atoms with Crippen LogP contribution < -0.4 is 9.47 Å². The predicted octanol–water partition coefficient (Wildman–Crippen LogP) is 5.22. The van der Waals surface area contributed by atoms with Crippen molar-refractivity contribution in [3.05, 3.63) is 62.7 Å². The van der Waals surface area contributed by atoms with E-state index in [4.69, 9.17) is 9.47 Å². The van der Waals surface area contributed by atoms with Crippen molar-refractivity contribution in [1.29, 1.82) is 0 Å². The molecule has 7 nitrogen and oxygen atoms in total. The van der Waals surface area contributed by atoms with Gasteiger partial charge in [-0.25, -0.2) is 4.39 Å². The van der Waals surface area contributed by atoms with Gasteiger partial charge in [-0.1, -0.05) is 12.1 Å². The van der Waals surface area contributed by atoms with Gasteiger partial charge < -0.3 is 14.4 Å². The number of hydrogen-bond acceptors (Lipinski definition) is 6. The zero-order chi connectivity index (χ0) is 24.9. The first kappa shape index (κ1) is 25.2. The summed E-state index contributed by atoms with van der Waals surface area (Å²) in [4.78, 5) is 40.7. The Morgan fingerprint density at radius 3 is 2.54 bits per heavy atom. The first-order chi connectivity index (χ1) is 16.9. The second-order valence-electron chi connectivity index (χ2n) is 8.03. The summed E-state index contributed by atoms with van der Waals surface area (Å²) in [5.74, 6) is -0.0937. The smallest absolute Gasteiger partial charge is 0.294 e. The lowest BCUT2D eigenvalue weighted by atomic mass is 10.1. The third-order valence-corrected chi connectivity index (χ3v) is 7.05. The molecule has 184 valence electrons. The van der Waals surface area contributed by atoms with Gasteiger partial charge in [0.1, 0.15) is 19.0 Å². The maximum atomic E-state index is 13.2. The van der Waals surface area contributed by atoms with E-state index in [9.17, 15) is 18.8 Å². The number of imide groups is 1. The molecule has 2 aliphatic rings. The van der Waals surface area contributed by atoms with E-state index in [1.165, 1.54) is 12.1 Å². The minimum Gasteiger partial charge on any atom is -0.490 e. The van der Waals surface area contributed by atoms with Gasteiger partial charge in [0.05, 0.1) is 16.0 Å². The molecule has 2 aliphatic heterocycles. The van der Waals surface area contributed by atoms with Gasteiger partial charge in [0.25, 0.3) is 11.1 Å². The van der Waals surface area contributed by atoms with Gasteiger partial charge in [0.2, 0.25) is 5.91 Å². The lowest BCUT2D eigenvalue weighted by Crippen LogP contribution is -2.40. The summed E-state index contributed by atoms with van der Waals surface area (Å²) >= 11 is 4.31. The lowest BCUT2D eigenvalue weighted by Gasteiger charge is -2.18. The molecule has 0 unspecified atom stereocenters. The molecule has 0 saturated carbocycles. The number of ether oxygens (including phenoxy) is 2. The van der Waals surface area contributed by atoms with E-state index in [-0.39, 0.29) is 29.8 Å². The summed E-state index contributed by atoms with van der Waals surface area (Å²) in [6.45, 7) is 3.52. The molecule has 0 radical (unpaired) electrons. The second-order valence-corrected chi connectivity index (χ2v) is 9.88. The van der Waals surface area contributed by atoms with Crippen LogP contribution >= 0.6 is 27.7 Å². The Morgan fingerprint density at radius 2 is 1.86 bits per heavy atom. The molecule has 2 aromatic rings. The summed E-state index contributed by atoms with van der Waals surface area (Å²) in [6, 6.07) is 9.49. The van der Waals surface area contributed by atoms with E-state index in [1.807, 2.05) is 6.92 Å². The summed E-state index contributed by atoms with van der Waals surface area (Å²) in [5.41, 5.74) is 1.42. The highest BCUT2D eigenvalue weighted by Crippen LogP contribution is 2.39. The van der Waals surface area contributed by atoms with Crippen molar-refractivity contribution in [3.8, 4) is 11.5 Å². The van der Waals surface area contributed by atoms with Crippen molar-refractivity contribution in [1.82, 2.24) is 9.80 Å². The Bertz CT molecular complexity index is 1170. The molecule has 35 heavy (non-hydrogen) atoms. The van der Waals surface area contributed by atoms with Gasteiger partial charge in [-0.3, -0.25) is 19.3 Å². The average Bonchev–Trinajstić information content (AvgIpc) is 3.45. The summed E-state index contributed by atoms with van der Waals surface area (Å²) in [5, 5.41) is -0.461. The lowest BCUT2D eigenvalue weighted by molar-refractivity contribution is -0.135. The van der Waals surface area contributed by atoms with Crippen molar-refractivity contribution in [2.24, 2.45) is 0 Å². The number of thioether (sulfide) groups is 1. The van der Waals surface area contributed by atoms with Crippen LogP contribution in [0.1, 0.15) is 30.9 Å². The van der Waals surface area contributed by atoms with Gasteiger partial charge >= 0.3 is 0 Å². The van der Waals surface area contributed by atoms with Gasteiger partial charge in [-0.15, -0.1) is 0 Å². The second kappa shape index (κ2) is 11.3. The quantitative estimate of drug-likeness (QED) is 0.410. The highest BCUT2D eigenvalue weighted by atomic mass is 79.9. The molecule has 2 saturated heterocycles. The van der Waals surface area contributed by atoms with Crippen LogP contribution in [0.2, 0.25) is 0 Å². The number of amides is 3. The van der Waals surface area contributed by atoms with E-state index in [0.717, 1.165) is 35.1 Å². The number of carbonyl (C=O) groups is 3. The molecular formula is C25H24BrFN2O5S. The van der Waals surface area contributed by atoms with Gasteiger partial charge in [0, 0.05) is 13.1 Å². The molecule has 2 aromatic carbocycles. The fraction of sp³-hybridized carbons (Fsp3) is 0.320. The zero-order valence-electron chi connectivity index (χ0n) is 19.1. The van der Waals surface area contributed by atoms with Crippen LogP contribution in [-0.4, -0.2) is 53.1 Å². The first-order valence-corrected chi connectivity index (χ1v) is 12.8. The Kier molecular flexibility index (Phi) is 8.12. The fourth-order valence-electron chi connectivity index (χ4n) is 3.80. The Labute approximate surface area is 215 Å². The summed E-state index contributed by atoms with van der Waals surface area (Å²) in [6.07, 6.45) is 3.48. The Morgan fingerprint density at radius 1 is 1.14 bits per heavy atom. The van der Waals surface area contributed by atoms with Crippen LogP contribution in [0.3, 0.4) is 0 Å². The standard InChI is InChI=1S/C25H24BrFN2O5S/c1-2-33-20-12-17(11-19(26)23(20)34-15-16-5-7-18(27)8-6-16)13-21-24(31)29(25(32)35-21)14-22(30)28-9-3-4-10-28/h5-8,11-13H,2-4,9-10,14-15H2,1H3/b21-13-. The van der Waals surface area contributed by atoms with E-state index in [2.05, 4.69) is 15.9 Å². The summed E-state index contributed by atoms with van der Waals surface area (Å²) < 4.78 is 25.4. The monoisotopic (exact) mass is 562 g/mol.